The van der Waals surface area contributed by atoms with Gasteiger partial charge < -0.3 is 9.80 Å². The van der Waals surface area contributed by atoms with Gasteiger partial charge in [0.1, 0.15) is 0 Å². The van der Waals surface area contributed by atoms with Crippen molar-refractivity contribution in [1.29, 1.82) is 0 Å². The third kappa shape index (κ3) is 4.42. The second-order valence-electron chi connectivity index (χ2n) is 9.99. The van der Waals surface area contributed by atoms with Gasteiger partial charge >= 0.3 is 0 Å². The van der Waals surface area contributed by atoms with Crippen LogP contribution < -0.4 is 0 Å². The van der Waals surface area contributed by atoms with Crippen molar-refractivity contribution in [2.24, 2.45) is 22.7 Å². The molecule has 0 N–H and O–H groups in total. The first kappa shape index (κ1) is 22.5. The van der Waals surface area contributed by atoms with Gasteiger partial charge in [-0.2, -0.15) is 0 Å². The first-order valence-corrected chi connectivity index (χ1v) is 9.55. The van der Waals surface area contributed by atoms with E-state index in [-0.39, 0.29) is 24.8 Å². The van der Waals surface area contributed by atoms with Crippen LogP contribution in [0.1, 0.15) is 65.2 Å². The summed E-state index contributed by atoms with van der Waals surface area (Å²) in [6, 6.07) is 1.47. The van der Waals surface area contributed by atoms with E-state index in [0.717, 1.165) is 23.9 Å². The molecule has 0 aromatic carbocycles. The van der Waals surface area contributed by atoms with Crippen LogP contribution >= 0.6 is 24.8 Å². The van der Waals surface area contributed by atoms with Crippen molar-refractivity contribution in [2.45, 2.75) is 77.3 Å². The maximum Gasteiger partial charge on any atom is 0.00661 e. The molecular weight excluding hydrogens is 339 g/mol. The second kappa shape index (κ2) is 8.03. The molecule has 0 aromatic heterocycles. The molecule has 0 heterocycles. The SMILES string of the molecule is CC(CC12CC3CC(C1)CC(CC(C)N(C)C)(C3)C2)N(C)C.Cl.Cl. The topological polar surface area (TPSA) is 6.48 Å². The van der Waals surface area contributed by atoms with Gasteiger partial charge in [0.15, 0.2) is 0 Å². The zero-order chi connectivity index (χ0) is 16.1. The molecule has 4 heteroatoms. The predicted molar refractivity (Wildman–Crippen MR) is 110 cm³/mol. The highest BCUT2D eigenvalue weighted by molar-refractivity contribution is 5.85. The van der Waals surface area contributed by atoms with Gasteiger partial charge in [-0.05, 0) is 116 Å². The molecule has 0 aliphatic heterocycles. The molecule has 4 fully saturated rings. The predicted octanol–water partition coefficient (Wildman–Crippen LogP) is 5.10. The Bertz CT molecular complexity index is 362. The Labute approximate surface area is 162 Å². The molecule has 0 spiro atoms. The number of rotatable bonds is 6. The molecule has 2 nitrogen and oxygen atoms in total. The smallest absolute Gasteiger partial charge is 0.00661 e. The lowest BCUT2D eigenvalue weighted by Gasteiger charge is -2.64. The van der Waals surface area contributed by atoms with E-state index < -0.39 is 0 Å². The molecule has 2 atom stereocenters. The lowest BCUT2D eigenvalue weighted by molar-refractivity contribution is -0.128. The van der Waals surface area contributed by atoms with Crippen molar-refractivity contribution in [3.63, 3.8) is 0 Å². The highest BCUT2D eigenvalue weighted by Crippen LogP contribution is 2.68. The molecule has 4 saturated carbocycles. The third-order valence-corrected chi connectivity index (χ3v) is 7.52. The number of nitrogens with zero attached hydrogens (tertiary/aromatic N) is 2. The Morgan fingerprint density at radius 3 is 1.38 bits per heavy atom. The van der Waals surface area contributed by atoms with Gasteiger partial charge in [-0.1, -0.05) is 0 Å². The summed E-state index contributed by atoms with van der Waals surface area (Å²) in [4.78, 5) is 4.88. The van der Waals surface area contributed by atoms with Gasteiger partial charge in [0.05, 0.1) is 0 Å². The standard InChI is InChI=1S/C20H38N2.2ClH/c1-15(21(3)4)8-19-10-17-7-18(11-19)13-20(12-17,14-19)9-16(2)22(5)6;;/h15-18H,7-14H2,1-6H3;2*1H. The van der Waals surface area contributed by atoms with Crippen LogP contribution in [0.3, 0.4) is 0 Å². The zero-order valence-electron chi connectivity index (χ0n) is 16.7. The molecule has 4 rings (SSSR count). The molecule has 24 heavy (non-hydrogen) atoms. The van der Waals surface area contributed by atoms with Crippen LogP contribution in [0.25, 0.3) is 0 Å². The fourth-order valence-corrected chi connectivity index (χ4v) is 6.75. The lowest BCUT2D eigenvalue weighted by Crippen LogP contribution is -2.54. The Morgan fingerprint density at radius 2 is 1.08 bits per heavy atom. The van der Waals surface area contributed by atoms with Crippen LogP contribution in [0.2, 0.25) is 0 Å². The fourth-order valence-electron chi connectivity index (χ4n) is 6.75. The summed E-state index contributed by atoms with van der Waals surface area (Å²) in [6.45, 7) is 4.88. The minimum Gasteiger partial charge on any atom is -0.307 e. The Hall–Kier alpha value is 0.500. The molecule has 144 valence electrons. The summed E-state index contributed by atoms with van der Waals surface area (Å²) in [5.74, 6) is 2.09. The largest absolute Gasteiger partial charge is 0.307 e. The van der Waals surface area contributed by atoms with E-state index in [2.05, 4.69) is 51.8 Å². The second-order valence-corrected chi connectivity index (χ2v) is 9.99. The Kier molecular flexibility index (Phi) is 7.54. The molecule has 4 aliphatic carbocycles. The first-order valence-electron chi connectivity index (χ1n) is 9.55. The molecule has 0 amide bonds. The van der Waals surface area contributed by atoms with Crippen molar-refractivity contribution in [3.8, 4) is 0 Å². The van der Waals surface area contributed by atoms with E-state index in [1.807, 2.05) is 0 Å². The van der Waals surface area contributed by atoms with Gasteiger partial charge in [-0.25, -0.2) is 0 Å². The van der Waals surface area contributed by atoms with Crippen LogP contribution in [0.5, 0.6) is 0 Å². The first-order chi connectivity index (χ1) is 10.2. The van der Waals surface area contributed by atoms with Gasteiger partial charge in [0.2, 0.25) is 0 Å². The van der Waals surface area contributed by atoms with E-state index in [0.29, 0.717) is 10.8 Å². The van der Waals surface area contributed by atoms with Crippen LogP contribution in [0.4, 0.5) is 0 Å². The van der Waals surface area contributed by atoms with Crippen LogP contribution in [0.15, 0.2) is 0 Å². The van der Waals surface area contributed by atoms with Crippen molar-refractivity contribution >= 4 is 24.8 Å². The average Bonchev–Trinajstić information content (AvgIpc) is 2.35. The van der Waals surface area contributed by atoms with E-state index in [9.17, 15) is 0 Å². The molecule has 0 aromatic rings. The van der Waals surface area contributed by atoms with E-state index in [1.165, 1.54) is 19.3 Å². The highest BCUT2D eigenvalue weighted by atomic mass is 35.5. The third-order valence-electron chi connectivity index (χ3n) is 7.52. The Balaban J connectivity index is 0.00000144. The van der Waals surface area contributed by atoms with Crippen LogP contribution in [-0.2, 0) is 0 Å². The van der Waals surface area contributed by atoms with E-state index in [1.54, 1.807) is 32.1 Å². The van der Waals surface area contributed by atoms with Crippen LogP contribution in [0, 0.1) is 22.7 Å². The fraction of sp³-hybridized carbons (Fsp3) is 1.00. The number of halogens is 2. The normalized spacial score (nSPS) is 39.5. The van der Waals surface area contributed by atoms with Crippen molar-refractivity contribution in [2.75, 3.05) is 28.2 Å². The summed E-state index contributed by atoms with van der Waals surface area (Å²) < 4.78 is 0. The molecule has 0 radical (unpaired) electrons. The number of hydrogen-bond acceptors (Lipinski definition) is 2. The highest BCUT2D eigenvalue weighted by Gasteiger charge is 2.57. The maximum absolute atomic E-state index is 2.44. The molecule has 4 bridgehead atoms. The van der Waals surface area contributed by atoms with Crippen molar-refractivity contribution in [1.82, 2.24) is 9.80 Å². The van der Waals surface area contributed by atoms with Crippen molar-refractivity contribution < 1.29 is 0 Å². The van der Waals surface area contributed by atoms with Gasteiger partial charge in [0, 0.05) is 12.1 Å². The average molecular weight is 379 g/mol. The summed E-state index contributed by atoms with van der Waals surface area (Å²) >= 11 is 0. The molecule has 2 unspecified atom stereocenters. The minimum atomic E-state index is 0. The lowest BCUT2D eigenvalue weighted by atomic mass is 9.42. The molecule has 0 saturated heterocycles. The molecular formula is C20H40Cl2N2. The summed E-state index contributed by atoms with van der Waals surface area (Å²) in [7, 11) is 9.04. The molecule has 4 aliphatic rings. The minimum absolute atomic E-state index is 0. The summed E-state index contributed by atoms with van der Waals surface area (Å²) in [5.41, 5.74) is 1.36. The van der Waals surface area contributed by atoms with Crippen LogP contribution in [-0.4, -0.2) is 50.1 Å². The van der Waals surface area contributed by atoms with E-state index >= 15 is 0 Å². The summed E-state index contributed by atoms with van der Waals surface area (Å²) in [6.07, 6.45) is 12.1. The number of hydrogen-bond donors (Lipinski definition) is 0. The van der Waals surface area contributed by atoms with Gasteiger partial charge in [0.25, 0.3) is 0 Å². The Morgan fingerprint density at radius 1 is 0.750 bits per heavy atom. The van der Waals surface area contributed by atoms with Gasteiger partial charge in [-0.15, -0.1) is 24.8 Å². The monoisotopic (exact) mass is 378 g/mol. The summed E-state index contributed by atoms with van der Waals surface area (Å²) in [5, 5.41) is 0. The van der Waals surface area contributed by atoms with Gasteiger partial charge in [-0.3, -0.25) is 0 Å². The van der Waals surface area contributed by atoms with Crippen molar-refractivity contribution in [3.05, 3.63) is 0 Å². The maximum atomic E-state index is 2.44. The zero-order valence-corrected chi connectivity index (χ0v) is 18.3. The quantitative estimate of drug-likeness (QED) is 0.634. The van der Waals surface area contributed by atoms with E-state index in [4.69, 9.17) is 0 Å².